The molecule has 13 heteroatoms. The summed E-state index contributed by atoms with van der Waals surface area (Å²) in [6.45, 7) is 5.23. The Kier molecular flexibility index (Phi) is 8.63. The fourth-order valence-corrected chi connectivity index (χ4v) is 5.15. The number of fused-ring (bicyclic) bond motifs is 1. The van der Waals surface area contributed by atoms with E-state index in [1.165, 1.54) is 13.3 Å². The Labute approximate surface area is 220 Å². The Morgan fingerprint density at radius 2 is 1.97 bits per heavy atom. The van der Waals surface area contributed by atoms with Crippen LogP contribution in [0.15, 0.2) is 24.2 Å². The number of aliphatic hydroxyl groups excluding tert-OH is 2. The van der Waals surface area contributed by atoms with E-state index < -0.39 is 48.4 Å². The second-order valence-electron chi connectivity index (χ2n) is 9.88. The molecule has 1 amide bonds. The molecule has 208 valence electrons. The van der Waals surface area contributed by atoms with Gasteiger partial charge >= 0.3 is 5.97 Å². The monoisotopic (exact) mass is 531 g/mol. The molecule has 7 unspecified atom stereocenters. The van der Waals surface area contributed by atoms with E-state index in [0.717, 1.165) is 12.8 Å². The molecule has 7 atom stereocenters. The number of nitrogen functional groups attached to an aromatic ring is 1. The van der Waals surface area contributed by atoms with Crippen LogP contribution in [0.5, 0.6) is 0 Å². The van der Waals surface area contributed by atoms with Crippen molar-refractivity contribution < 1.29 is 29.3 Å². The normalized spacial score (nSPS) is 29.4. The number of rotatable bonds is 9. The zero-order valence-corrected chi connectivity index (χ0v) is 21.8. The Hall–Kier alpha value is -3.10. The number of nitrogens with one attached hydrogen (secondary N) is 3. The highest BCUT2D eigenvalue weighted by molar-refractivity contribution is 5.89. The third-order valence-electron chi connectivity index (χ3n) is 7.28. The van der Waals surface area contributed by atoms with Gasteiger partial charge in [0.05, 0.1) is 35.9 Å². The van der Waals surface area contributed by atoms with Crippen LogP contribution in [0.2, 0.25) is 0 Å². The number of nitrogens with two attached hydrogens (primary N) is 2. The van der Waals surface area contributed by atoms with Crippen LogP contribution < -0.4 is 22.1 Å². The first kappa shape index (κ1) is 27.9. The van der Waals surface area contributed by atoms with E-state index in [1.807, 2.05) is 13.8 Å². The van der Waals surface area contributed by atoms with E-state index in [0.29, 0.717) is 22.2 Å². The Morgan fingerprint density at radius 1 is 1.24 bits per heavy atom. The van der Waals surface area contributed by atoms with Gasteiger partial charge in [-0.2, -0.15) is 0 Å². The van der Waals surface area contributed by atoms with Crippen LogP contribution >= 0.6 is 0 Å². The summed E-state index contributed by atoms with van der Waals surface area (Å²) in [6.07, 6.45) is 3.35. The van der Waals surface area contributed by atoms with Crippen LogP contribution in [0, 0.1) is 0 Å². The molecule has 1 saturated heterocycles. The number of H-pyrrole nitrogens is 1. The molecule has 2 aromatic heterocycles. The quantitative estimate of drug-likeness (QED) is 0.206. The van der Waals surface area contributed by atoms with Gasteiger partial charge in [-0.3, -0.25) is 10.1 Å². The molecule has 0 saturated carbocycles. The fourth-order valence-electron chi connectivity index (χ4n) is 5.15. The minimum absolute atomic E-state index is 0.0588. The standard InChI is InChI=1S/C25H37N7O6/c1-4-13(5-2)38-17-7-12(6-15(26)20(17)31-11(3)33)25(36)37-9-16-22(34)23(35)19(32-16)14-8-28-21-18(14)29-10-30-24(21)27/h7-8,10,13,15-17,19-20,22-23,28,32,34-35H,4-6,9,26H2,1-3H3,(H,31,33)(H2,27,29,30). The summed E-state index contributed by atoms with van der Waals surface area (Å²) >= 11 is 0. The molecule has 4 rings (SSSR count). The molecule has 1 fully saturated rings. The molecule has 9 N–H and O–H groups in total. The Bertz CT molecular complexity index is 1180. The van der Waals surface area contributed by atoms with Gasteiger partial charge in [-0.1, -0.05) is 13.8 Å². The topological polar surface area (TPSA) is 211 Å². The number of anilines is 1. The van der Waals surface area contributed by atoms with Crippen molar-refractivity contribution in [3.05, 3.63) is 29.7 Å². The molecule has 2 aliphatic rings. The number of amides is 1. The highest BCUT2D eigenvalue weighted by atomic mass is 16.5. The maximum absolute atomic E-state index is 13.0. The third-order valence-corrected chi connectivity index (χ3v) is 7.28. The maximum atomic E-state index is 13.0. The van der Waals surface area contributed by atoms with Crippen molar-refractivity contribution in [2.75, 3.05) is 12.3 Å². The molecule has 0 bridgehead atoms. The summed E-state index contributed by atoms with van der Waals surface area (Å²) in [7, 11) is 0. The van der Waals surface area contributed by atoms with Crippen LogP contribution in [-0.2, 0) is 19.1 Å². The van der Waals surface area contributed by atoms with Crippen molar-refractivity contribution in [2.45, 2.75) is 88.6 Å². The van der Waals surface area contributed by atoms with Gasteiger partial charge in [0.15, 0.2) is 5.82 Å². The van der Waals surface area contributed by atoms with Crippen molar-refractivity contribution in [1.29, 1.82) is 0 Å². The van der Waals surface area contributed by atoms with Crippen molar-refractivity contribution in [1.82, 2.24) is 25.6 Å². The number of aromatic nitrogens is 3. The number of carbonyl (C=O) groups is 2. The van der Waals surface area contributed by atoms with Crippen LogP contribution in [0.4, 0.5) is 5.82 Å². The van der Waals surface area contributed by atoms with Crippen molar-refractivity contribution in [3.8, 4) is 0 Å². The lowest BCUT2D eigenvalue weighted by Crippen LogP contribution is -2.57. The molecular weight excluding hydrogens is 494 g/mol. The molecule has 1 aliphatic heterocycles. The average Bonchev–Trinajstić information content (AvgIpc) is 3.44. The predicted octanol–water partition coefficient (Wildman–Crippen LogP) is -0.446. The van der Waals surface area contributed by atoms with Crippen molar-refractivity contribution >= 4 is 28.7 Å². The van der Waals surface area contributed by atoms with Crippen molar-refractivity contribution in [3.63, 3.8) is 0 Å². The van der Waals surface area contributed by atoms with Gasteiger partial charge < -0.3 is 41.5 Å². The molecule has 13 nitrogen and oxygen atoms in total. The summed E-state index contributed by atoms with van der Waals surface area (Å²) < 4.78 is 11.7. The first-order valence-corrected chi connectivity index (χ1v) is 12.9. The molecule has 0 spiro atoms. The number of hydrogen-bond acceptors (Lipinski definition) is 11. The fraction of sp³-hybridized carbons (Fsp3) is 0.600. The van der Waals surface area contributed by atoms with E-state index in [-0.39, 0.29) is 30.9 Å². The van der Waals surface area contributed by atoms with E-state index in [4.69, 9.17) is 20.9 Å². The van der Waals surface area contributed by atoms with Crippen LogP contribution in [0.1, 0.15) is 51.6 Å². The van der Waals surface area contributed by atoms with Gasteiger partial charge in [0, 0.05) is 30.3 Å². The number of nitrogens with zero attached hydrogens (tertiary/aromatic N) is 2. The molecule has 3 heterocycles. The van der Waals surface area contributed by atoms with Gasteiger partial charge in [0.25, 0.3) is 0 Å². The van der Waals surface area contributed by atoms with Crippen LogP contribution in [-0.4, -0.2) is 86.2 Å². The lowest BCUT2D eigenvalue weighted by molar-refractivity contribution is -0.141. The molecule has 1 aliphatic carbocycles. The molecule has 0 radical (unpaired) electrons. The first-order chi connectivity index (χ1) is 18.1. The Balaban J connectivity index is 1.45. The summed E-state index contributed by atoms with van der Waals surface area (Å²) in [4.78, 5) is 35.9. The van der Waals surface area contributed by atoms with Crippen LogP contribution in [0.3, 0.4) is 0 Å². The lowest BCUT2D eigenvalue weighted by Gasteiger charge is -2.36. The molecule has 38 heavy (non-hydrogen) atoms. The molecule has 2 aromatic rings. The zero-order valence-electron chi connectivity index (χ0n) is 21.8. The average molecular weight is 532 g/mol. The number of hydrogen-bond donors (Lipinski definition) is 7. The SMILES string of the molecule is CCC(CC)OC1C=C(C(=O)OCC2NC(c3c[nH]c4c(N)ncnc34)C(O)C2O)CC(N)C1NC(C)=O. The summed E-state index contributed by atoms with van der Waals surface area (Å²) in [6, 6.07) is -2.43. The van der Waals surface area contributed by atoms with E-state index in [2.05, 4.69) is 25.6 Å². The number of aliphatic hydroxyl groups is 2. The second kappa shape index (κ2) is 11.7. The lowest BCUT2D eigenvalue weighted by atomic mass is 9.88. The van der Waals surface area contributed by atoms with Gasteiger partial charge in [-0.15, -0.1) is 0 Å². The molecule has 0 aromatic carbocycles. The number of aromatic amines is 1. The van der Waals surface area contributed by atoms with Gasteiger partial charge in [-0.05, 0) is 25.3 Å². The van der Waals surface area contributed by atoms with E-state index >= 15 is 0 Å². The highest BCUT2D eigenvalue weighted by Gasteiger charge is 2.44. The second-order valence-corrected chi connectivity index (χ2v) is 9.88. The van der Waals surface area contributed by atoms with Gasteiger partial charge in [0.2, 0.25) is 5.91 Å². The number of esters is 1. The van der Waals surface area contributed by atoms with Gasteiger partial charge in [0.1, 0.15) is 30.7 Å². The highest BCUT2D eigenvalue weighted by Crippen LogP contribution is 2.33. The number of ether oxygens (including phenoxy) is 2. The van der Waals surface area contributed by atoms with Gasteiger partial charge in [-0.25, -0.2) is 14.8 Å². The summed E-state index contributed by atoms with van der Waals surface area (Å²) in [5.74, 6) is -0.563. The summed E-state index contributed by atoms with van der Waals surface area (Å²) in [5, 5.41) is 27.4. The third kappa shape index (κ3) is 5.66. The van der Waals surface area contributed by atoms with Crippen LogP contribution in [0.25, 0.3) is 11.0 Å². The first-order valence-electron chi connectivity index (χ1n) is 12.9. The maximum Gasteiger partial charge on any atom is 0.333 e. The smallest absolute Gasteiger partial charge is 0.333 e. The minimum atomic E-state index is -1.20. The molecular formula is C25H37N7O6. The summed E-state index contributed by atoms with van der Waals surface area (Å²) in [5.41, 5.74) is 14.2. The minimum Gasteiger partial charge on any atom is -0.461 e. The Morgan fingerprint density at radius 3 is 2.66 bits per heavy atom. The number of carbonyl (C=O) groups excluding carboxylic acids is 2. The zero-order chi connectivity index (χ0) is 27.6. The van der Waals surface area contributed by atoms with E-state index in [1.54, 1.807) is 12.3 Å². The van der Waals surface area contributed by atoms with Crippen molar-refractivity contribution in [2.24, 2.45) is 5.73 Å². The van der Waals surface area contributed by atoms with E-state index in [9.17, 15) is 19.8 Å². The largest absolute Gasteiger partial charge is 0.461 e. The predicted molar refractivity (Wildman–Crippen MR) is 138 cm³/mol.